The molecule has 1 saturated carbocycles. The molecule has 1 aliphatic carbocycles. The highest BCUT2D eigenvalue weighted by Gasteiger charge is 2.16. The average molecular weight is 172 g/mol. The van der Waals surface area contributed by atoms with Gasteiger partial charge in [-0.2, -0.15) is 0 Å². The normalized spacial score (nSPS) is 39.8. The summed E-state index contributed by atoms with van der Waals surface area (Å²) in [7, 11) is 0. The molecule has 1 rings (SSSR count). The van der Waals surface area contributed by atoms with Gasteiger partial charge >= 0.3 is 0 Å². The third-order valence-electron chi connectivity index (χ3n) is 2.93. The molecule has 1 heteroatoms. The third-order valence-corrected chi connectivity index (χ3v) is 2.93. The maximum Gasteiger partial charge on any atom is 0.100 e. The van der Waals surface area contributed by atoms with Crippen molar-refractivity contribution in [2.24, 2.45) is 11.8 Å². The fourth-order valence-corrected chi connectivity index (χ4v) is 2.31. The topological polar surface area (TPSA) is 0 Å². The van der Waals surface area contributed by atoms with Crippen LogP contribution in [0.3, 0.4) is 0 Å². The highest BCUT2D eigenvalue weighted by Crippen LogP contribution is 2.26. The molecule has 0 N–H and O–H groups in total. The van der Waals surface area contributed by atoms with E-state index in [2.05, 4.69) is 13.8 Å². The Labute approximate surface area is 75.5 Å². The summed E-state index contributed by atoms with van der Waals surface area (Å²) in [6, 6.07) is 0. The van der Waals surface area contributed by atoms with Crippen LogP contribution in [0.15, 0.2) is 0 Å². The second kappa shape index (κ2) is 4.84. The van der Waals surface area contributed by atoms with E-state index in [-0.39, 0.29) is 0 Å². The Hall–Kier alpha value is -0.0700. The molecule has 0 radical (unpaired) electrons. The van der Waals surface area contributed by atoms with Crippen molar-refractivity contribution in [2.45, 2.75) is 58.5 Å². The van der Waals surface area contributed by atoms with Crippen LogP contribution in [0.2, 0.25) is 0 Å². The van der Waals surface area contributed by atoms with E-state index >= 15 is 0 Å². The first-order valence-electron chi connectivity index (χ1n) is 5.32. The van der Waals surface area contributed by atoms with Gasteiger partial charge in [0.2, 0.25) is 0 Å². The van der Waals surface area contributed by atoms with Gasteiger partial charge in [-0.15, -0.1) is 0 Å². The van der Waals surface area contributed by atoms with Crippen molar-refractivity contribution in [3.63, 3.8) is 0 Å². The molecule has 1 fully saturated rings. The van der Waals surface area contributed by atoms with Gasteiger partial charge in [0.15, 0.2) is 0 Å². The molecule has 0 aliphatic heterocycles. The molecule has 0 aromatic heterocycles. The minimum absolute atomic E-state index is 0.523. The lowest BCUT2D eigenvalue weighted by Gasteiger charge is -2.15. The fourth-order valence-electron chi connectivity index (χ4n) is 2.31. The van der Waals surface area contributed by atoms with Gasteiger partial charge in [0.05, 0.1) is 0 Å². The quantitative estimate of drug-likeness (QED) is 0.519. The van der Waals surface area contributed by atoms with Crippen molar-refractivity contribution >= 4 is 0 Å². The second-order valence-electron chi connectivity index (χ2n) is 4.56. The summed E-state index contributed by atoms with van der Waals surface area (Å²) < 4.78 is 13.2. The molecule has 12 heavy (non-hydrogen) atoms. The summed E-state index contributed by atoms with van der Waals surface area (Å²) in [5.41, 5.74) is 0. The van der Waals surface area contributed by atoms with Gasteiger partial charge in [-0.25, -0.2) is 4.39 Å². The van der Waals surface area contributed by atoms with Gasteiger partial charge in [-0.1, -0.05) is 33.1 Å². The first-order valence-corrected chi connectivity index (χ1v) is 5.32. The standard InChI is InChI=1S/C11H21F/c1-9-5-3-4-6-11(12)8-10(2)7-9/h9-11H,3-8H2,1-2H3. The lowest BCUT2D eigenvalue weighted by Crippen LogP contribution is -2.08. The molecule has 0 heterocycles. The Morgan fingerprint density at radius 2 is 1.58 bits per heavy atom. The molecule has 0 aromatic carbocycles. The van der Waals surface area contributed by atoms with E-state index in [1.807, 2.05) is 0 Å². The van der Waals surface area contributed by atoms with Crippen LogP contribution in [-0.4, -0.2) is 6.17 Å². The zero-order valence-electron chi connectivity index (χ0n) is 8.35. The lowest BCUT2D eigenvalue weighted by molar-refractivity contribution is 0.250. The van der Waals surface area contributed by atoms with Crippen LogP contribution in [0.5, 0.6) is 0 Å². The van der Waals surface area contributed by atoms with E-state index < -0.39 is 6.17 Å². The number of hydrogen-bond donors (Lipinski definition) is 0. The summed E-state index contributed by atoms with van der Waals surface area (Å²) in [6.45, 7) is 4.49. The SMILES string of the molecule is CC1CCCCC(F)CC(C)C1. The Balaban J connectivity index is 2.37. The molecule has 72 valence electrons. The van der Waals surface area contributed by atoms with Crippen molar-refractivity contribution in [1.29, 1.82) is 0 Å². The second-order valence-corrected chi connectivity index (χ2v) is 4.56. The van der Waals surface area contributed by atoms with Crippen molar-refractivity contribution in [3.05, 3.63) is 0 Å². The van der Waals surface area contributed by atoms with E-state index in [1.165, 1.54) is 19.3 Å². The molecular weight excluding hydrogens is 151 g/mol. The van der Waals surface area contributed by atoms with Crippen molar-refractivity contribution in [3.8, 4) is 0 Å². The zero-order chi connectivity index (χ0) is 8.97. The van der Waals surface area contributed by atoms with Crippen molar-refractivity contribution < 1.29 is 4.39 Å². The van der Waals surface area contributed by atoms with E-state index in [0.29, 0.717) is 5.92 Å². The minimum Gasteiger partial charge on any atom is -0.247 e. The maximum atomic E-state index is 13.2. The molecule has 0 amide bonds. The summed E-state index contributed by atoms with van der Waals surface area (Å²) in [5.74, 6) is 1.40. The smallest absolute Gasteiger partial charge is 0.100 e. The maximum absolute atomic E-state index is 13.2. The molecule has 3 atom stereocenters. The van der Waals surface area contributed by atoms with Crippen molar-refractivity contribution in [1.82, 2.24) is 0 Å². The molecule has 0 bridgehead atoms. The van der Waals surface area contributed by atoms with Crippen LogP contribution in [0.1, 0.15) is 52.4 Å². The van der Waals surface area contributed by atoms with E-state index in [0.717, 1.165) is 25.2 Å². The van der Waals surface area contributed by atoms with Gasteiger partial charge in [0.25, 0.3) is 0 Å². The summed E-state index contributed by atoms with van der Waals surface area (Å²) >= 11 is 0. The van der Waals surface area contributed by atoms with Crippen molar-refractivity contribution in [2.75, 3.05) is 0 Å². The molecule has 1 aliphatic rings. The van der Waals surface area contributed by atoms with Crippen LogP contribution in [-0.2, 0) is 0 Å². The van der Waals surface area contributed by atoms with Crippen LogP contribution >= 0.6 is 0 Å². The molecule has 0 nitrogen and oxygen atoms in total. The molecule has 0 saturated heterocycles. The predicted molar refractivity (Wildman–Crippen MR) is 50.9 cm³/mol. The van der Waals surface area contributed by atoms with Gasteiger partial charge in [-0.05, 0) is 31.1 Å². The monoisotopic (exact) mass is 172 g/mol. The van der Waals surface area contributed by atoms with Gasteiger partial charge in [0.1, 0.15) is 6.17 Å². The fraction of sp³-hybridized carbons (Fsp3) is 1.00. The van der Waals surface area contributed by atoms with Crippen LogP contribution in [0.25, 0.3) is 0 Å². The average Bonchev–Trinajstić information content (AvgIpc) is 2.01. The van der Waals surface area contributed by atoms with Gasteiger partial charge in [-0.3, -0.25) is 0 Å². The Morgan fingerprint density at radius 3 is 2.33 bits per heavy atom. The third kappa shape index (κ3) is 3.55. The van der Waals surface area contributed by atoms with E-state index in [9.17, 15) is 4.39 Å². The lowest BCUT2D eigenvalue weighted by atomic mass is 9.92. The Bertz CT molecular complexity index is 108. The zero-order valence-corrected chi connectivity index (χ0v) is 8.35. The Morgan fingerprint density at radius 1 is 0.917 bits per heavy atom. The summed E-state index contributed by atoms with van der Waals surface area (Å²) in [4.78, 5) is 0. The summed E-state index contributed by atoms with van der Waals surface area (Å²) in [5, 5.41) is 0. The van der Waals surface area contributed by atoms with Gasteiger partial charge in [0, 0.05) is 0 Å². The highest BCUT2D eigenvalue weighted by atomic mass is 19.1. The largest absolute Gasteiger partial charge is 0.247 e. The highest BCUT2D eigenvalue weighted by molar-refractivity contribution is 4.68. The van der Waals surface area contributed by atoms with E-state index in [1.54, 1.807) is 0 Å². The molecule has 0 aromatic rings. The van der Waals surface area contributed by atoms with E-state index in [4.69, 9.17) is 0 Å². The van der Waals surface area contributed by atoms with Crippen LogP contribution in [0.4, 0.5) is 4.39 Å². The number of alkyl halides is 1. The molecular formula is C11H21F. The predicted octanol–water partition coefficient (Wildman–Crippen LogP) is 3.95. The van der Waals surface area contributed by atoms with Crippen LogP contribution in [0, 0.1) is 11.8 Å². The number of rotatable bonds is 0. The van der Waals surface area contributed by atoms with Gasteiger partial charge < -0.3 is 0 Å². The first-order chi connectivity index (χ1) is 5.68. The molecule has 0 spiro atoms. The Kier molecular flexibility index (Phi) is 4.03. The minimum atomic E-state index is -0.523. The molecule has 3 unspecified atom stereocenters. The number of halogens is 1. The summed E-state index contributed by atoms with van der Waals surface area (Å²) in [6.07, 6.45) is 5.93. The van der Waals surface area contributed by atoms with Crippen LogP contribution < -0.4 is 0 Å². The number of hydrogen-bond acceptors (Lipinski definition) is 0. The first kappa shape index (κ1) is 10.0.